The van der Waals surface area contributed by atoms with E-state index in [4.69, 9.17) is 0 Å². The topological polar surface area (TPSA) is 118 Å². The van der Waals surface area contributed by atoms with Gasteiger partial charge >= 0.3 is 0 Å². The van der Waals surface area contributed by atoms with Gasteiger partial charge in [-0.1, -0.05) is 4.49 Å². The van der Waals surface area contributed by atoms with Crippen molar-refractivity contribution in [1.29, 1.82) is 0 Å². The number of hydrogen-bond donors (Lipinski definition) is 1. The molecule has 1 fully saturated rings. The van der Waals surface area contributed by atoms with Crippen molar-refractivity contribution >= 4 is 70.6 Å². The van der Waals surface area contributed by atoms with Crippen LogP contribution in [-0.4, -0.2) is 63.4 Å². The first-order valence-corrected chi connectivity index (χ1v) is 14.1. The van der Waals surface area contributed by atoms with E-state index in [1.165, 1.54) is 22.0 Å². The number of anilines is 2. The number of fused-ring (bicyclic) bond motifs is 4. The summed E-state index contributed by atoms with van der Waals surface area (Å²) in [5.41, 5.74) is 3.00. The molecule has 1 saturated heterocycles. The van der Waals surface area contributed by atoms with Crippen molar-refractivity contribution in [3.8, 4) is 0 Å². The molecule has 4 aromatic rings. The second kappa shape index (κ2) is 7.96. The summed E-state index contributed by atoms with van der Waals surface area (Å²) in [5.74, 6) is 0.850. The molecule has 1 atom stereocenters. The second-order valence-electron chi connectivity index (χ2n) is 8.40. The molecule has 0 radical (unpaired) electrons. The molecule has 0 unspecified atom stereocenters. The van der Waals surface area contributed by atoms with Crippen LogP contribution in [0.5, 0.6) is 0 Å². The van der Waals surface area contributed by atoms with Crippen molar-refractivity contribution in [1.82, 2.24) is 24.5 Å². The molecule has 12 heteroatoms. The molecule has 6 rings (SSSR count). The van der Waals surface area contributed by atoms with Gasteiger partial charge in [-0.15, -0.1) is 16.4 Å². The molecule has 1 N–H and O–H groups in total. The van der Waals surface area contributed by atoms with E-state index in [-0.39, 0.29) is 23.3 Å². The van der Waals surface area contributed by atoms with Crippen molar-refractivity contribution < 1.29 is 13.2 Å². The minimum Gasteiger partial charge on any atom is -0.340 e. The van der Waals surface area contributed by atoms with Crippen molar-refractivity contribution in [2.24, 2.45) is 5.92 Å². The van der Waals surface area contributed by atoms with Crippen LogP contribution in [0.4, 0.5) is 11.5 Å². The normalized spacial score (nSPS) is 20.1. The smallest absolute Gasteiger partial charge is 0.226 e. The fourth-order valence-corrected chi connectivity index (χ4v) is 7.67. The van der Waals surface area contributed by atoms with E-state index in [2.05, 4.69) is 24.9 Å². The summed E-state index contributed by atoms with van der Waals surface area (Å²) >= 11 is 2.97. The van der Waals surface area contributed by atoms with Crippen molar-refractivity contribution in [2.75, 3.05) is 29.9 Å². The Morgan fingerprint density at radius 3 is 2.88 bits per heavy atom. The molecule has 0 saturated carbocycles. The maximum Gasteiger partial charge on any atom is 0.226 e. The van der Waals surface area contributed by atoms with Gasteiger partial charge in [0.15, 0.2) is 9.84 Å². The predicted molar refractivity (Wildman–Crippen MR) is 129 cm³/mol. The lowest BCUT2D eigenvalue weighted by molar-refractivity contribution is -0.135. The number of nitrogens with zero attached hydrogens (tertiary/aromatic N) is 5. The molecule has 2 aliphatic rings. The van der Waals surface area contributed by atoms with Crippen LogP contribution in [0.15, 0.2) is 24.5 Å². The summed E-state index contributed by atoms with van der Waals surface area (Å²) < 4.78 is 28.4. The van der Waals surface area contributed by atoms with E-state index < -0.39 is 9.84 Å². The van der Waals surface area contributed by atoms with Gasteiger partial charge < -0.3 is 10.2 Å². The summed E-state index contributed by atoms with van der Waals surface area (Å²) in [6.45, 7) is 0.603. The summed E-state index contributed by atoms with van der Waals surface area (Å²) in [6.07, 6.45) is 3.75. The van der Waals surface area contributed by atoms with Gasteiger partial charge in [0, 0.05) is 29.6 Å². The highest BCUT2D eigenvalue weighted by atomic mass is 32.2. The fraction of sp³-hybridized carbons (Fsp3) is 0.381. The van der Waals surface area contributed by atoms with Gasteiger partial charge in [-0.2, -0.15) is 0 Å². The number of carbonyl (C=O) groups is 1. The molecule has 4 heterocycles. The minimum atomic E-state index is -3.01. The van der Waals surface area contributed by atoms with Gasteiger partial charge in [0.1, 0.15) is 22.5 Å². The van der Waals surface area contributed by atoms with Crippen LogP contribution in [0, 0.1) is 5.92 Å². The van der Waals surface area contributed by atoms with Crippen molar-refractivity contribution in [3.05, 3.63) is 35.0 Å². The molecule has 9 nitrogen and oxygen atoms in total. The first kappa shape index (κ1) is 20.9. The Hall–Kier alpha value is -2.70. The standard InChI is InChI=1S/C21H20N6O3S3/c28-21(27-5-7-33(29,30)8-6-27)12-1-3-14-16(9-12)31-20-18(14)19(22-11-23-20)24-13-2-4-15-17(10-13)32-26-25-15/h2,4,10-12H,1,3,5-9H2,(H,22,23,24)/t12-/m0/s1. The molecule has 1 aliphatic carbocycles. The zero-order valence-electron chi connectivity index (χ0n) is 17.5. The number of aryl methyl sites for hydroxylation is 1. The van der Waals surface area contributed by atoms with Crippen LogP contribution in [0.3, 0.4) is 0 Å². The number of thiophene rings is 1. The summed E-state index contributed by atoms with van der Waals surface area (Å²) in [4.78, 5) is 25.9. The maximum atomic E-state index is 13.1. The molecule has 1 aliphatic heterocycles. The molecule has 33 heavy (non-hydrogen) atoms. The zero-order chi connectivity index (χ0) is 22.6. The Kier molecular flexibility index (Phi) is 5.03. The third-order valence-corrected chi connectivity index (χ3v) is 9.82. The van der Waals surface area contributed by atoms with E-state index in [0.29, 0.717) is 19.5 Å². The van der Waals surface area contributed by atoms with Gasteiger partial charge in [0.05, 0.1) is 21.6 Å². The fourth-order valence-electron chi connectivity index (χ4n) is 4.60. The Labute approximate surface area is 197 Å². The third kappa shape index (κ3) is 3.85. The monoisotopic (exact) mass is 500 g/mol. The van der Waals surface area contributed by atoms with Gasteiger partial charge in [0.2, 0.25) is 5.91 Å². The molecule has 3 aromatic heterocycles. The number of amides is 1. The molecule has 170 valence electrons. The number of aromatic nitrogens is 4. The van der Waals surface area contributed by atoms with Crippen molar-refractivity contribution in [2.45, 2.75) is 19.3 Å². The van der Waals surface area contributed by atoms with Gasteiger partial charge in [-0.25, -0.2) is 18.4 Å². The zero-order valence-corrected chi connectivity index (χ0v) is 20.0. The Morgan fingerprint density at radius 2 is 2.03 bits per heavy atom. The number of hydrogen-bond acceptors (Lipinski definition) is 10. The maximum absolute atomic E-state index is 13.1. The molecule has 0 bridgehead atoms. The lowest BCUT2D eigenvalue weighted by Crippen LogP contribution is -2.47. The SMILES string of the molecule is O=C([C@H]1CCc2c(sc3ncnc(Nc4ccc5nnsc5c4)c23)C1)N1CCS(=O)(=O)CC1. The van der Waals surface area contributed by atoms with Crippen LogP contribution in [0.2, 0.25) is 0 Å². The number of sulfone groups is 1. The average molecular weight is 501 g/mol. The highest BCUT2D eigenvalue weighted by Gasteiger charge is 2.33. The molecule has 0 spiro atoms. The number of nitrogens with one attached hydrogen (secondary N) is 1. The summed E-state index contributed by atoms with van der Waals surface area (Å²) in [5, 5.41) is 8.54. The van der Waals surface area contributed by atoms with E-state index >= 15 is 0 Å². The molecule has 1 amide bonds. The number of carbonyl (C=O) groups excluding carboxylic acids is 1. The average Bonchev–Trinajstić information content (AvgIpc) is 3.42. The molecular weight excluding hydrogens is 480 g/mol. The van der Waals surface area contributed by atoms with E-state index in [9.17, 15) is 13.2 Å². The van der Waals surface area contributed by atoms with Crippen LogP contribution in [0.25, 0.3) is 20.4 Å². The number of benzene rings is 1. The Bertz CT molecular complexity index is 1480. The number of rotatable bonds is 3. The van der Waals surface area contributed by atoms with E-state index in [0.717, 1.165) is 44.8 Å². The predicted octanol–water partition coefficient (Wildman–Crippen LogP) is 2.80. The van der Waals surface area contributed by atoms with Gasteiger partial charge in [0.25, 0.3) is 0 Å². The van der Waals surface area contributed by atoms with Crippen LogP contribution < -0.4 is 5.32 Å². The van der Waals surface area contributed by atoms with E-state index in [1.807, 2.05) is 18.2 Å². The Morgan fingerprint density at radius 1 is 1.18 bits per heavy atom. The Balaban J connectivity index is 1.26. The first-order valence-electron chi connectivity index (χ1n) is 10.7. The molecule has 1 aromatic carbocycles. The van der Waals surface area contributed by atoms with Crippen LogP contribution >= 0.6 is 22.9 Å². The minimum absolute atomic E-state index is 0.0631. The second-order valence-corrected chi connectivity index (χ2v) is 12.6. The van der Waals surface area contributed by atoms with Gasteiger partial charge in [-0.05, 0) is 54.6 Å². The summed E-state index contributed by atoms with van der Waals surface area (Å²) in [7, 11) is -3.01. The lowest BCUT2D eigenvalue weighted by atomic mass is 9.87. The molecular formula is C21H20N6O3S3. The van der Waals surface area contributed by atoms with Crippen LogP contribution in [0.1, 0.15) is 16.9 Å². The quantitative estimate of drug-likeness (QED) is 0.456. The highest BCUT2D eigenvalue weighted by molar-refractivity contribution is 7.91. The van der Waals surface area contributed by atoms with Gasteiger partial charge in [-0.3, -0.25) is 4.79 Å². The largest absolute Gasteiger partial charge is 0.340 e. The lowest BCUT2D eigenvalue weighted by Gasteiger charge is -2.31. The van der Waals surface area contributed by atoms with Crippen LogP contribution in [-0.2, 0) is 27.5 Å². The van der Waals surface area contributed by atoms with Crippen molar-refractivity contribution in [3.63, 3.8) is 0 Å². The third-order valence-electron chi connectivity index (χ3n) is 6.36. The first-order chi connectivity index (χ1) is 16.0. The highest BCUT2D eigenvalue weighted by Crippen LogP contribution is 2.41. The summed E-state index contributed by atoms with van der Waals surface area (Å²) in [6, 6.07) is 5.91. The van der Waals surface area contributed by atoms with E-state index in [1.54, 1.807) is 22.6 Å².